The Kier molecular flexibility index (Phi) is 3.94. The van der Waals surface area contributed by atoms with Gasteiger partial charge in [-0.2, -0.15) is 22.5 Å². The highest BCUT2D eigenvalue weighted by Crippen LogP contribution is 2.30. The standard InChI is InChI=1S/C12H7F4NOS/c1-19-7-4-2-6(3-5-7)18-10-8(13)11(15)17-12(16)9(10)14/h2-5H,1H3. The Labute approximate surface area is 110 Å². The Hall–Kier alpha value is -1.76. The number of benzene rings is 1. The molecule has 0 bridgehead atoms. The summed E-state index contributed by atoms with van der Waals surface area (Å²) >= 11 is 1.46. The van der Waals surface area contributed by atoms with Gasteiger partial charge in [-0.1, -0.05) is 0 Å². The van der Waals surface area contributed by atoms with Gasteiger partial charge >= 0.3 is 0 Å². The second-order valence-electron chi connectivity index (χ2n) is 3.43. The molecule has 7 heteroatoms. The van der Waals surface area contributed by atoms with Gasteiger partial charge in [-0.25, -0.2) is 0 Å². The van der Waals surface area contributed by atoms with Crippen LogP contribution in [0.1, 0.15) is 0 Å². The Morgan fingerprint density at radius 3 is 1.95 bits per heavy atom. The summed E-state index contributed by atoms with van der Waals surface area (Å²) in [5.41, 5.74) is 0. The number of aromatic nitrogens is 1. The van der Waals surface area contributed by atoms with Crippen molar-refractivity contribution in [2.45, 2.75) is 4.90 Å². The van der Waals surface area contributed by atoms with Gasteiger partial charge in [0.05, 0.1) is 0 Å². The van der Waals surface area contributed by atoms with Gasteiger partial charge in [0.15, 0.2) is 0 Å². The molecule has 0 fully saturated rings. The molecule has 0 spiro atoms. The summed E-state index contributed by atoms with van der Waals surface area (Å²) in [6, 6.07) is 6.15. The summed E-state index contributed by atoms with van der Waals surface area (Å²) < 4.78 is 57.2. The predicted octanol–water partition coefficient (Wildman–Crippen LogP) is 4.15. The van der Waals surface area contributed by atoms with Crippen molar-refractivity contribution >= 4 is 11.8 Å². The molecule has 0 atom stereocenters. The van der Waals surface area contributed by atoms with E-state index in [2.05, 4.69) is 4.98 Å². The maximum Gasteiger partial charge on any atom is 0.255 e. The van der Waals surface area contributed by atoms with Crippen molar-refractivity contribution in [2.75, 3.05) is 6.26 Å². The largest absolute Gasteiger partial charge is 0.451 e. The van der Waals surface area contributed by atoms with E-state index in [0.717, 1.165) is 4.90 Å². The second kappa shape index (κ2) is 5.48. The fraction of sp³-hybridized carbons (Fsp3) is 0.0833. The van der Waals surface area contributed by atoms with Gasteiger partial charge in [0.2, 0.25) is 17.4 Å². The van der Waals surface area contributed by atoms with Crippen molar-refractivity contribution in [3.63, 3.8) is 0 Å². The van der Waals surface area contributed by atoms with Crippen molar-refractivity contribution in [3.05, 3.63) is 47.8 Å². The van der Waals surface area contributed by atoms with Crippen LogP contribution in [0.25, 0.3) is 0 Å². The fourth-order valence-corrected chi connectivity index (χ4v) is 1.73. The van der Waals surface area contributed by atoms with Crippen LogP contribution in [0, 0.1) is 23.5 Å². The van der Waals surface area contributed by atoms with Crippen molar-refractivity contribution in [1.29, 1.82) is 0 Å². The van der Waals surface area contributed by atoms with E-state index in [1.54, 1.807) is 12.1 Å². The lowest BCUT2D eigenvalue weighted by atomic mass is 10.3. The molecular weight excluding hydrogens is 282 g/mol. The Morgan fingerprint density at radius 2 is 1.47 bits per heavy atom. The monoisotopic (exact) mass is 289 g/mol. The summed E-state index contributed by atoms with van der Waals surface area (Å²) in [6.07, 6.45) is 1.85. The van der Waals surface area contributed by atoms with Crippen LogP contribution in [0.3, 0.4) is 0 Å². The molecule has 0 aliphatic carbocycles. The molecule has 0 amide bonds. The molecule has 0 saturated carbocycles. The van der Waals surface area contributed by atoms with Crippen LogP contribution < -0.4 is 4.74 Å². The molecule has 0 unspecified atom stereocenters. The van der Waals surface area contributed by atoms with E-state index < -0.39 is 29.3 Å². The van der Waals surface area contributed by atoms with Crippen LogP contribution in [-0.2, 0) is 0 Å². The van der Waals surface area contributed by atoms with Crippen molar-refractivity contribution in [1.82, 2.24) is 4.98 Å². The van der Waals surface area contributed by atoms with Crippen molar-refractivity contribution < 1.29 is 22.3 Å². The van der Waals surface area contributed by atoms with Gasteiger partial charge in [0.1, 0.15) is 5.75 Å². The van der Waals surface area contributed by atoms with E-state index in [4.69, 9.17) is 4.74 Å². The van der Waals surface area contributed by atoms with E-state index in [-0.39, 0.29) is 5.75 Å². The number of hydrogen-bond acceptors (Lipinski definition) is 3. The number of hydrogen-bond donors (Lipinski definition) is 0. The molecule has 100 valence electrons. The first-order chi connectivity index (χ1) is 9.02. The highest BCUT2D eigenvalue weighted by molar-refractivity contribution is 7.98. The topological polar surface area (TPSA) is 22.1 Å². The van der Waals surface area contributed by atoms with Crippen LogP contribution in [0.15, 0.2) is 29.2 Å². The minimum Gasteiger partial charge on any atom is -0.451 e. The number of nitrogens with zero attached hydrogens (tertiary/aromatic N) is 1. The highest BCUT2D eigenvalue weighted by atomic mass is 32.2. The summed E-state index contributed by atoms with van der Waals surface area (Å²) in [4.78, 5) is 3.34. The number of pyridine rings is 1. The van der Waals surface area contributed by atoms with E-state index >= 15 is 0 Å². The van der Waals surface area contributed by atoms with Crippen LogP contribution >= 0.6 is 11.8 Å². The average molecular weight is 289 g/mol. The van der Waals surface area contributed by atoms with E-state index in [9.17, 15) is 17.6 Å². The molecule has 0 aliphatic rings. The summed E-state index contributed by atoms with van der Waals surface area (Å²) in [6.45, 7) is 0. The average Bonchev–Trinajstić information content (AvgIpc) is 2.42. The Bertz CT molecular complexity index is 577. The van der Waals surface area contributed by atoms with Gasteiger partial charge in [-0.05, 0) is 30.5 Å². The number of ether oxygens (including phenoxy) is 1. The zero-order valence-corrected chi connectivity index (χ0v) is 10.4. The summed E-state index contributed by atoms with van der Waals surface area (Å²) in [7, 11) is 0. The Balaban J connectivity index is 2.37. The van der Waals surface area contributed by atoms with Crippen LogP contribution in [-0.4, -0.2) is 11.2 Å². The van der Waals surface area contributed by atoms with Gasteiger partial charge in [0, 0.05) is 4.90 Å². The van der Waals surface area contributed by atoms with E-state index in [0.29, 0.717) is 0 Å². The molecule has 2 rings (SSSR count). The second-order valence-corrected chi connectivity index (χ2v) is 4.31. The maximum atomic E-state index is 13.3. The molecule has 2 aromatic rings. The molecule has 1 heterocycles. The minimum atomic E-state index is -1.75. The lowest BCUT2D eigenvalue weighted by molar-refractivity contribution is 0.343. The molecule has 0 N–H and O–H groups in total. The number of thioether (sulfide) groups is 1. The molecule has 1 aromatic carbocycles. The number of halogens is 4. The quantitative estimate of drug-likeness (QED) is 0.481. The van der Waals surface area contributed by atoms with Gasteiger partial charge < -0.3 is 4.74 Å². The third-order valence-corrected chi connectivity index (χ3v) is 2.98. The first kappa shape index (κ1) is 13.7. The first-order valence-corrected chi connectivity index (χ1v) is 6.27. The molecule has 0 saturated heterocycles. The third kappa shape index (κ3) is 2.81. The molecular formula is C12H7F4NOS. The van der Waals surface area contributed by atoms with Crippen molar-refractivity contribution in [3.8, 4) is 11.5 Å². The highest BCUT2D eigenvalue weighted by Gasteiger charge is 2.22. The predicted molar refractivity (Wildman–Crippen MR) is 62.4 cm³/mol. The van der Waals surface area contributed by atoms with Crippen molar-refractivity contribution in [2.24, 2.45) is 0 Å². The fourth-order valence-electron chi connectivity index (χ4n) is 1.32. The molecule has 1 aromatic heterocycles. The Morgan fingerprint density at radius 1 is 0.947 bits per heavy atom. The summed E-state index contributed by atoms with van der Waals surface area (Å²) in [5, 5.41) is 0. The van der Waals surface area contributed by atoms with Crippen LogP contribution in [0.2, 0.25) is 0 Å². The van der Waals surface area contributed by atoms with E-state index in [1.165, 1.54) is 23.9 Å². The van der Waals surface area contributed by atoms with E-state index in [1.807, 2.05) is 6.26 Å². The molecule has 0 radical (unpaired) electrons. The minimum absolute atomic E-state index is 0.0561. The lowest BCUT2D eigenvalue weighted by Gasteiger charge is -2.08. The van der Waals surface area contributed by atoms with Gasteiger partial charge in [-0.15, -0.1) is 11.8 Å². The molecule has 2 nitrogen and oxygen atoms in total. The number of rotatable bonds is 3. The zero-order chi connectivity index (χ0) is 14.0. The van der Waals surface area contributed by atoms with Crippen LogP contribution in [0.4, 0.5) is 17.6 Å². The first-order valence-electron chi connectivity index (χ1n) is 5.05. The van der Waals surface area contributed by atoms with Gasteiger partial charge in [-0.3, -0.25) is 0 Å². The van der Waals surface area contributed by atoms with Crippen LogP contribution in [0.5, 0.6) is 11.5 Å². The SMILES string of the molecule is CSc1ccc(Oc2c(F)c(F)nc(F)c2F)cc1. The molecule has 0 aliphatic heterocycles. The smallest absolute Gasteiger partial charge is 0.255 e. The zero-order valence-electron chi connectivity index (χ0n) is 9.58. The normalized spacial score (nSPS) is 10.6. The van der Waals surface area contributed by atoms with Gasteiger partial charge in [0.25, 0.3) is 11.9 Å². The molecule has 19 heavy (non-hydrogen) atoms. The lowest BCUT2D eigenvalue weighted by Crippen LogP contribution is -2.03. The third-order valence-electron chi connectivity index (χ3n) is 2.24. The maximum absolute atomic E-state index is 13.3. The summed E-state index contributed by atoms with van der Waals surface area (Å²) in [5.74, 6) is -7.95.